The van der Waals surface area contributed by atoms with Crippen LogP contribution in [0, 0.1) is 23.5 Å². The molecule has 1 nitrogen and oxygen atoms in total. The topological polar surface area (TPSA) is 12.0 Å². The van der Waals surface area contributed by atoms with Gasteiger partial charge in [0, 0.05) is 0 Å². The maximum Gasteiger partial charge on any atom is 0.159 e. The zero-order valence-corrected chi connectivity index (χ0v) is 11.6. The van der Waals surface area contributed by atoms with Gasteiger partial charge in [0.15, 0.2) is 11.6 Å². The molecule has 1 aromatic rings. The van der Waals surface area contributed by atoms with E-state index in [2.05, 4.69) is 12.2 Å². The molecule has 1 fully saturated rings. The lowest BCUT2D eigenvalue weighted by Gasteiger charge is -2.32. The van der Waals surface area contributed by atoms with E-state index in [0.29, 0.717) is 11.8 Å². The highest BCUT2D eigenvalue weighted by molar-refractivity contribution is 5.18. The van der Waals surface area contributed by atoms with Crippen molar-refractivity contribution in [2.45, 2.75) is 39.0 Å². The molecule has 0 aromatic heterocycles. The fraction of sp³-hybridized carbons (Fsp3) is 0.625. The molecule has 1 N–H and O–H groups in total. The van der Waals surface area contributed by atoms with Crippen LogP contribution in [0.4, 0.5) is 8.78 Å². The van der Waals surface area contributed by atoms with Crippen molar-refractivity contribution < 1.29 is 8.78 Å². The van der Waals surface area contributed by atoms with E-state index in [0.717, 1.165) is 25.1 Å². The van der Waals surface area contributed by atoms with Crippen LogP contribution in [0.3, 0.4) is 0 Å². The molecular weight excluding hydrogens is 244 g/mol. The average Bonchev–Trinajstić information content (AvgIpc) is 2.42. The van der Waals surface area contributed by atoms with Crippen molar-refractivity contribution in [2.75, 3.05) is 13.1 Å². The Balaban J connectivity index is 1.99. The van der Waals surface area contributed by atoms with Crippen LogP contribution in [0.5, 0.6) is 0 Å². The molecule has 106 valence electrons. The normalized spacial score (nSPS) is 23.5. The van der Waals surface area contributed by atoms with Crippen molar-refractivity contribution >= 4 is 0 Å². The molecule has 2 atom stereocenters. The fourth-order valence-corrected chi connectivity index (χ4v) is 3.12. The first-order valence-corrected chi connectivity index (χ1v) is 7.35. The molecule has 19 heavy (non-hydrogen) atoms. The molecule has 2 rings (SSSR count). The first-order chi connectivity index (χ1) is 9.20. The molecule has 0 spiro atoms. The maximum absolute atomic E-state index is 13.2. The summed E-state index contributed by atoms with van der Waals surface area (Å²) in [5.41, 5.74) is 0.923. The molecule has 3 heteroatoms. The zero-order valence-electron chi connectivity index (χ0n) is 11.6. The van der Waals surface area contributed by atoms with Gasteiger partial charge in [-0.15, -0.1) is 0 Å². The third-order valence-electron chi connectivity index (χ3n) is 4.20. The quantitative estimate of drug-likeness (QED) is 0.852. The molecule has 0 heterocycles. The number of hydrogen-bond acceptors (Lipinski definition) is 1. The van der Waals surface area contributed by atoms with E-state index in [-0.39, 0.29) is 0 Å². The lowest BCUT2D eigenvalue weighted by molar-refractivity contribution is 0.229. The minimum absolute atomic E-state index is 0.595. The van der Waals surface area contributed by atoms with E-state index in [9.17, 15) is 8.78 Å². The molecule has 0 bridgehead atoms. The number of benzene rings is 1. The first-order valence-electron chi connectivity index (χ1n) is 7.35. The standard InChI is InChI=1S/C16H23F2N/c1-2-19-11-14-6-4-3-5-13(14)9-12-7-8-15(17)16(18)10-12/h7-8,10,13-14,19H,2-6,9,11H2,1H3. The largest absolute Gasteiger partial charge is 0.317 e. The monoisotopic (exact) mass is 267 g/mol. The van der Waals surface area contributed by atoms with E-state index in [1.54, 1.807) is 6.07 Å². The van der Waals surface area contributed by atoms with Crippen LogP contribution < -0.4 is 5.32 Å². The lowest BCUT2D eigenvalue weighted by Crippen LogP contribution is -2.31. The van der Waals surface area contributed by atoms with Crippen LogP contribution in [0.2, 0.25) is 0 Å². The van der Waals surface area contributed by atoms with Gasteiger partial charge in [0.25, 0.3) is 0 Å². The van der Waals surface area contributed by atoms with Crippen molar-refractivity contribution in [3.8, 4) is 0 Å². The molecule has 1 saturated carbocycles. The van der Waals surface area contributed by atoms with Crippen molar-refractivity contribution in [3.05, 3.63) is 35.4 Å². The van der Waals surface area contributed by atoms with Crippen LogP contribution >= 0.6 is 0 Å². The molecule has 0 saturated heterocycles. The van der Waals surface area contributed by atoms with Crippen LogP contribution in [0.25, 0.3) is 0 Å². The third-order valence-corrected chi connectivity index (χ3v) is 4.20. The van der Waals surface area contributed by atoms with Gasteiger partial charge in [-0.05, 0) is 61.9 Å². The summed E-state index contributed by atoms with van der Waals surface area (Å²) in [6.45, 7) is 4.16. The second kappa shape index (κ2) is 6.99. The molecule has 1 aromatic carbocycles. The van der Waals surface area contributed by atoms with E-state index in [1.165, 1.54) is 37.8 Å². The Kier molecular flexibility index (Phi) is 5.32. The van der Waals surface area contributed by atoms with E-state index < -0.39 is 11.6 Å². The summed E-state index contributed by atoms with van der Waals surface area (Å²) >= 11 is 0. The number of hydrogen-bond donors (Lipinski definition) is 1. The number of nitrogens with one attached hydrogen (secondary N) is 1. The van der Waals surface area contributed by atoms with Gasteiger partial charge < -0.3 is 5.32 Å². The highest BCUT2D eigenvalue weighted by atomic mass is 19.2. The van der Waals surface area contributed by atoms with Gasteiger partial charge in [-0.2, -0.15) is 0 Å². The SMILES string of the molecule is CCNCC1CCCCC1Cc1ccc(F)c(F)c1. The van der Waals surface area contributed by atoms with Gasteiger partial charge >= 0.3 is 0 Å². The van der Waals surface area contributed by atoms with Crippen molar-refractivity contribution in [2.24, 2.45) is 11.8 Å². The highest BCUT2D eigenvalue weighted by Gasteiger charge is 2.25. The zero-order chi connectivity index (χ0) is 13.7. The summed E-state index contributed by atoms with van der Waals surface area (Å²) in [4.78, 5) is 0. The molecule has 0 aliphatic heterocycles. The number of rotatable bonds is 5. The number of halogens is 2. The van der Waals surface area contributed by atoms with E-state index in [4.69, 9.17) is 0 Å². The smallest absolute Gasteiger partial charge is 0.159 e. The minimum Gasteiger partial charge on any atom is -0.317 e. The van der Waals surface area contributed by atoms with Gasteiger partial charge in [0.05, 0.1) is 0 Å². The van der Waals surface area contributed by atoms with Crippen LogP contribution in [-0.4, -0.2) is 13.1 Å². The molecule has 1 aliphatic rings. The average molecular weight is 267 g/mol. The van der Waals surface area contributed by atoms with Gasteiger partial charge in [-0.3, -0.25) is 0 Å². The second-order valence-corrected chi connectivity index (χ2v) is 5.56. The van der Waals surface area contributed by atoms with E-state index >= 15 is 0 Å². The van der Waals surface area contributed by atoms with Crippen molar-refractivity contribution in [3.63, 3.8) is 0 Å². The summed E-state index contributed by atoms with van der Waals surface area (Å²) in [5, 5.41) is 3.42. The summed E-state index contributed by atoms with van der Waals surface area (Å²) in [5.74, 6) is -0.215. The maximum atomic E-state index is 13.2. The Morgan fingerprint density at radius 1 is 1.11 bits per heavy atom. The third kappa shape index (κ3) is 4.00. The summed E-state index contributed by atoms with van der Waals surface area (Å²) < 4.78 is 26.2. The van der Waals surface area contributed by atoms with Crippen LogP contribution in [0.1, 0.15) is 38.2 Å². The van der Waals surface area contributed by atoms with Gasteiger partial charge in [0.2, 0.25) is 0 Å². The summed E-state index contributed by atoms with van der Waals surface area (Å²) in [6, 6.07) is 4.32. The van der Waals surface area contributed by atoms with Crippen LogP contribution in [0.15, 0.2) is 18.2 Å². The van der Waals surface area contributed by atoms with Gasteiger partial charge in [-0.1, -0.05) is 25.8 Å². The Morgan fingerprint density at radius 2 is 1.84 bits per heavy atom. The minimum atomic E-state index is -0.753. The predicted molar refractivity (Wildman–Crippen MR) is 74.1 cm³/mol. The summed E-state index contributed by atoms with van der Waals surface area (Å²) in [6.07, 6.45) is 5.88. The Morgan fingerprint density at radius 3 is 2.53 bits per heavy atom. The van der Waals surface area contributed by atoms with Gasteiger partial charge in [0.1, 0.15) is 0 Å². The molecule has 2 unspecified atom stereocenters. The first kappa shape index (κ1) is 14.4. The Hall–Kier alpha value is -0.960. The lowest BCUT2D eigenvalue weighted by atomic mass is 9.76. The Labute approximate surface area is 114 Å². The van der Waals surface area contributed by atoms with Gasteiger partial charge in [-0.25, -0.2) is 8.78 Å². The van der Waals surface area contributed by atoms with Crippen molar-refractivity contribution in [1.82, 2.24) is 5.32 Å². The van der Waals surface area contributed by atoms with Crippen LogP contribution in [-0.2, 0) is 6.42 Å². The highest BCUT2D eigenvalue weighted by Crippen LogP contribution is 2.32. The fourth-order valence-electron chi connectivity index (χ4n) is 3.12. The molecular formula is C16H23F2N. The van der Waals surface area contributed by atoms with Crippen molar-refractivity contribution in [1.29, 1.82) is 0 Å². The molecule has 0 amide bonds. The van der Waals surface area contributed by atoms with E-state index in [1.807, 2.05) is 0 Å². The molecule has 0 radical (unpaired) electrons. The summed E-state index contributed by atoms with van der Waals surface area (Å²) in [7, 11) is 0. The predicted octanol–water partition coefficient (Wildman–Crippen LogP) is 3.92. The second-order valence-electron chi connectivity index (χ2n) is 5.56. The Bertz CT molecular complexity index is 406. The molecule has 1 aliphatic carbocycles.